The molecule has 22 heavy (non-hydrogen) atoms. The Morgan fingerprint density at radius 3 is 2.41 bits per heavy atom. The van der Waals surface area contributed by atoms with Gasteiger partial charge in [0, 0.05) is 13.1 Å². The highest BCUT2D eigenvalue weighted by Crippen LogP contribution is 2.26. The van der Waals surface area contributed by atoms with Crippen molar-refractivity contribution in [2.24, 2.45) is 0 Å². The summed E-state index contributed by atoms with van der Waals surface area (Å²) < 4.78 is 1.89. The monoisotopic (exact) mass is 293 g/mol. The minimum absolute atomic E-state index is 0.875. The van der Waals surface area contributed by atoms with E-state index in [1.54, 1.807) is 6.33 Å². The van der Waals surface area contributed by atoms with E-state index in [1.807, 2.05) is 41.2 Å². The summed E-state index contributed by atoms with van der Waals surface area (Å²) in [4.78, 5) is 11.4. The average molecular weight is 293 g/mol. The van der Waals surface area contributed by atoms with Crippen LogP contribution in [0.2, 0.25) is 0 Å². The zero-order chi connectivity index (χ0) is 14.8. The Morgan fingerprint density at radius 1 is 0.864 bits per heavy atom. The molecule has 3 heterocycles. The molecule has 0 aliphatic carbocycles. The Morgan fingerprint density at radius 2 is 1.64 bits per heavy atom. The fourth-order valence-electron chi connectivity index (χ4n) is 3.12. The average Bonchev–Trinajstić information content (AvgIpc) is 2.82. The van der Waals surface area contributed by atoms with Crippen molar-refractivity contribution < 1.29 is 0 Å². The van der Waals surface area contributed by atoms with Gasteiger partial charge in [-0.2, -0.15) is 5.10 Å². The van der Waals surface area contributed by atoms with Crippen molar-refractivity contribution in [2.45, 2.75) is 25.7 Å². The van der Waals surface area contributed by atoms with Gasteiger partial charge in [0.2, 0.25) is 0 Å². The van der Waals surface area contributed by atoms with E-state index in [4.69, 9.17) is 0 Å². The molecule has 3 aromatic rings. The summed E-state index contributed by atoms with van der Waals surface area (Å²) in [6.45, 7) is 2.14. The van der Waals surface area contributed by atoms with Gasteiger partial charge in [0.05, 0.1) is 17.3 Å². The van der Waals surface area contributed by atoms with Crippen molar-refractivity contribution in [2.75, 3.05) is 18.0 Å². The minimum Gasteiger partial charge on any atom is -0.356 e. The summed E-state index contributed by atoms with van der Waals surface area (Å²) >= 11 is 0. The molecule has 1 aliphatic heterocycles. The van der Waals surface area contributed by atoms with E-state index >= 15 is 0 Å². The van der Waals surface area contributed by atoms with Crippen LogP contribution in [0.15, 0.2) is 42.9 Å². The second-order valence-corrected chi connectivity index (χ2v) is 5.73. The molecule has 0 atom stereocenters. The van der Waals surface area contributed by atoms with Crippen LogP contribution >= 0.6 is 0 Å². The van der Waals surface area contributed by atoms with E-state index in [2.05, 4.69) is 20.0 Å². The summed E-state index contributed by atoms with van der Waals surface area (Å²) in [6, 6.07) is 10.1. The molecule has 4 rings (SSSR count). The fraction of sp³-hybridized carbons (Fsp3) is 0.353. The molecule has 0 radical (unpaired) electrons. The Bertz CT molecular complexity index is 757. The third-order valence-electron chi connectivity index (χ3n) is 4.25. The van der Waals surface area contributed by atoms with E-state index in [0.29, 0.717) is 0 Å². The van der Waals surface area contributed by atoms with Crippen LogP contribution in [-0.2, 0) is 0 Å². The van der Waals surface area contributed by atoms with Gasteiger partial charge in [-0.05, 0) is 25.0 Å². The molecule has 0 N–H and O–H groups in total. The van der Waals surface area contributed by atoms with Crippen molar-refractivity contribution in [1.82, 2.24) is 19.7 Å². The normalized spacial score (nSPS) is 15.9. The highest BCUT2D eigenvalue weighted by atomic mass is 15.3. The molecular formula is C17H19N5. The van der Waals surface area contributed by atoms with Crippen LogP contribution in [-0.4, -0.2) is 32.8 Å². The molecule has 1 aromatic carbocycles. The number of nitrogens with zero attached hydrogens (tertiary/aromatic N) is 5. The topological polar surface area (TPSA) is 46.8 Å². The number of hydrogen-bond donors (Lipinski definition) is 0. The number of fused-ring (bicyclic) bond motifs is 1. The fourth-order valence-corrected chi connectivity index (χ4v) is 3.12. The maximum Gasteiger partial charge on any atom is 0.168 e. The van der Waals surface area contributed by atoms with Crippen LogP contribution in [0.25, 0.3) is 16.7 Å². The quantitative estimate of drug-likeness (QED) is 0.728. The molecule has 5 heteroatoms. The van der Waals surface area contributed by atoms with E-state index in [-0.39, 0.29) is 0 Å². The molecule has 1 aliphatic rings. The predicted molar refractivity (Wildman–Crippen MR) is 87.3 cm³/mol. The largest absolute Gasteiger partial charge is 0.356 e. The van der Waals surface area contributed by atoms with Crippen molar-refractivity contribution in [3.8, 4) is 5.69 Å². The highest BCUT2D eigenvalue weighted by Gasteiger charge is 2.17. The predicted octanol–water partition coefficient (Wildman–Crippen LogP) is 3.20. The standard InChI is InChI=1S/C17H19N5/c1-2-7-11-21(10-6-1)16-15-12-20-22(17(15)19-13-18-16)14-8-4-3-5-9-14/h3-5,8-9,12-13H,1-2,6-7,10-11H2. The summed E-state index contributed by atoms with van der Waals surface area (Å²) in [7, 11) is 0. The van der Waals surface area contributed by atoms with Crippen LogP contribution in [0, 0.1) is 0 Å². The Balaban J connectivity index is 1.80. The Hall–Kier alpha value is -2.43. The number of hydrogen-bond acceptors (Lipinski definition) is 4. The Kier molecular flexibility index (Phi) is 3.46. The molecule has 0 amide bonds. The van der Waals surface area contributed by atoms with Gasteiger partial charge in [0.1, 0.15) is 12.1 Å². The molecule has 1 fully saturated rings. The number of rotatable bonds is 2. The third kappa shape index (κ3) is 2.32. The minimum atomic E-state index is 0.875. The molecule has 2 aromatic heterocycles. The van der Waals surface area contributed by atoms with Crippen molar-refractivity contribution in [3.63, 3.8) is 0 Å². The highest BCUT2D eigenvalue weighted by molar-refractivity contribution is 5.87. The van der Waals surface area contributed by atoms with Crippen molar-refractivity contribution in [3.05, 3.63) is 42.9 Å². The van der Waals surface area contributed by atoms with Gasteiger partial charge < -0.3 is 4.90 Å². The van der Waals surface area contributed by atoms with Crippen LogP contribution in [0.1, 0.15) is 25.7 Å². The molecule has 112 valence electrons. The lowest BCUT2D eigenvalue weighted by atomic mass is 10.2. The zero-order valence-electron chi connectivity index (χ0n) is 12.5. The lowest BCUT2D eigenvalue weighted by Crippen LogP contribution is -2.25. The first-order chi connectivity index (χ1) is 10.9. The summed E-state index contributed by atoms with van der Waals surface area (Å²) in [5.74, 6) is 1.02. The number of anilines is 1. The van der Waals surface area contributed by atoms with Gasteiger partial charge in [0.15, 0.2) is 5.65 Å². The van der Waals surface area contributed by atoms with Crippen LogP contribution in [0.3, 0.4) is 0 Å². The van der Waals surface area contributed by atoms with E-state index < -0.39 is 0 Å². The smallest absolute Gasteiger partial charge is 0.168 e. The van der Waals surface area contributed by atoms with Crippen LogP contribution in [0.5, 0.6) is 0 Å². The van der Waals surface area contributed by atoms with Gasteiger partial charge in [-0.15, -0.1) is 0 Å². The SMILES string of the molecule is c1ccc(-n2ncc3c(N4CCCCCC4)ncnc32)cc1. The third-order valence-corrected chi connectivity index (χ3v) is 4.25. The first kappa shape index (κ1) is 13.2. The van der Waals surface area contributed by atoms with Gasteiger partial charge >= 0.3 is 0 Å². The van der Waals surface area contributed by atoms with Gasteiger partial charge in [-0.25, -0.2) is 14.6 Å². The van der Waals surface area contributed by atoms with E-state index in [1.165, 1.54) is 25.7 Å². The maximum absolute atomic E-state index is 4.54. The second kappa shape index (κ2) is 5.75. The lowest BCUT2D eigenvalue weighted by Gasteiger charge is -2.21. The van der Waals surface area contributed by atoms with Gasteiger partial charge in [-0.1, -0.05) is 31.0 Å². The zero-order valence-corrected chi connectivity index (χ0v) is 12.5. The van der Waals surface area contributed by atoms with Crippen LogP contribution in [0.4, 0.5) is 5.82 Å². The van der Waals surface area contributed by atoms with Gasteiger partial charge in [0.25, 0.3) is 0 Å². The molecule has 0 bridgehead atoms. The molecule has 5 nitrogen and oxygen atoms in total. The first-order valence-electron chi connectivity index (χ1n) is 7.92. The second-order valence-electron chi connectivity index (χ2n) is 5.73. The summed E-state index contributed by atoms with van der Waals surface area (Å²) in [5, 5.41) is 5.57. The number of aromatic nitrogens is 4. The molecule has 0 saturated carbocycles. The lowest BCUT2D eigenvalue weighted by molar-refractivity contribution is 0.726. The summed E-state index contributed by atoms with van der Waals surface area (Å²) in [5.41, 5.74) is 1.90. The summed E-state index contributed by atoms with van der Waals surface area (Å²) in [6.07, 6.45) is 8.64. The van der Waals surface area contributed by atoms with Crippen molar-refractivity contribution >= 4 is 16.9 Å². The molecule has 1 saturated heterocycles. The first-order valence-corrected chi connectivity index (χ1v) is 7.92. The molecular weight excluding hydrogens is 274 g/mol. The van der Waals surface area contributed by atoms with E-state index in [0.717, 1.165) is 35.6 Å². The number of para-hydroxylation sites is 1. The van der Waals surface area contributed by atoms with Crippen molar-refractivity contribution in [1.29, 1.82) is 0 Å². The van der Waals surface area contributed by atoms with Gasteiger partial charge in [-0.3, -0.25) is 0 Å². The molecule has 0 spiro atoms. The molecule has 0 unspecified atom stereocenters. The Labute approximate surface area is 129 Å². The number of benzene rings is 1. The maximum atomic E-state index is 4.54. The van der Waals surface area contributed by atoms with Crippen LogP contribution < -0.4 is 4.90 Å². The van der Waals surface area contributed by atoms with E-state index in [9.17, 15) is 0 Å².